The molecule has 0 radical (unpaired) electrons. The van der Waals surface area contributed by atoms with Crippen LogP contribution in [-0.4, -0.2) is 48.9 Å². The van der Waals surface area contributed by atoms with Gasteiger partial charge in [-0.05, 0) is 51.1 Å². The van der Waals surface area contributed by atoms with Gasteiger partial charge in [-0.2, -0.15) is 0 Å². The summed E-state index contributed by atoms with van der Waals surface area (Å²) in [6.45, 7) is 6.65. The molecule has 0 spiro atoms. The lowest BCUT2D eigenvalue weighted by Crippen LogP contribution is -2.34. The average Bonchev–Trinajstić information content (AvgIpc) is 3.13. The number of ether oxygens (including phenoxy) is 1. The van der Waals surface area contributed by atoms with Crippen LogP contribution >= 0.6 is 22.9 Å². The molecule has 0 aliphatic heterocycles. The highest BCUT2D eigenvalue weighted by Gasteiger charge is 2.13. The second kappa shape index (κ2) is 10.8. The first-order chi connectivity index (χ1) is 13.8. The first-order valence-electron chi connectivity index (χ1n) is 9.18. The van der Waals surface area contributed by atoms with Crippen LogP contribution in [0, 0.1) is 6.92 Å². The van der Waals surface area contributed by atoms with Gasteiger partial charge in [0.05, 0.1) is 16.4 Å². The normalized spacial score (nSPS) is 10.3. The van der Waals surface area contributed by atoms with Crippen molar-refractivity contribution in [1.29, 1.82) is 0 Å². The minimum Gasteiger partial charge on any atom is -0.482 e. The smallest absolute Gasteiger partial charge is 0.261 e. The zero-order valence-electron chi connectivity index (χ0n) is 16.6. The molecule has 0 bridgehead atoms. The van der Waals surface area contributed by atoms with Gasteiger partial charge in [0.15, 0.2) is 6.61 Å². The summed E-state index contributed by atoms with van der Waals surface area (Å²) in [5.74, 6) is -0.447. The van der Waals surface area contributed by atoms with Crippen LogP contribution in [0.2, 0.25) is 5.02 Å². The first-order valence-corrected chi connectivity index (χ1v) is 10.4. The molecule has 156 valence electrons. The lowest BCUT2D eigenvalue weighted by atomic mass is 10.3. The molecule has 2 rings (SSSR count). The van der Waals surface area contributed by atoms with Crippen molar-refractivity contribution in [2.45, 2.75) is 20.8 Å². The van der Waals surface area contributed by atoms with Gasteiger partial charge < -0.3 is 20.3 Å². The van der Waals surface area contributed by atoms with Crippen LogP contribution in [0.3, 0.4) is 0 Å². The van der Waals surface area contributed by atoms with E-state index < -0.39 is 0 Å². The van der Waals surface area contributed by atoms with E-state index in [-0.39, 0.29) is 35.9 Å². The van der Waals surface area contributed by atoms with Gasteiger partial charge in [0.25, 0.3) is 11.8 Å². The Hall–Kier alpha value is -2.58. The number of halogens is 1. The van der Waals surface area contributed by atoms with Gasteiger partial charge >= 0.3 is 0 Å². The monoisotopic (exact) mass is 437 g/mol. The molecule has 0 unspecified atom stereocenters. The SMILES string of the molecule is CCN(CC)C(=O)COc1ccc(NC(=O)CNC(=O)c2ccc(C)s2)cc1Cl. The minimum absolute atomic E-state index is 0.110. The Kier molecular flexibility index (Phi) is 8.48. The first kappa shape index (κ1) is 22.7. The number of hydrogen-bond donors (Lipinski definition) is 2. The molecule has 1 aromatic carbocycles. The van der Waals surface area contributed by atoms with Crippen molar-refractivity contribution >= 4 is 46.3 Å². The highest BCUT2D eigenvalue weighted by molar-refractivity contribution is 7.13. The van der Waals surface area contributed by atoms with Crippen molar-refractivity contribution in [3.05, 3.63) is 45.1 Å². The molecule has 1 aromatic heterocycles. The van der Waals surface area contributed by atoms with E-state index in [1.807, 2.05) is 26.8 Å². The summed E-state index contributed by atoms with van der Waals surface area (Å²) < 4.78 is 5.48. The summed E-state index contributed by atoms with van der Waals surface area (Å²) in [6.07, 6.45) is 0. The molecule has 0 aliphatic rings. The van der Waals surface area contributed by atoms with E-state index in [4.69, 9.17) is 16.3 Å². The van der Waals surface area contributed by atoms with E-state index in [0.717, 1.165) is 4.88 Å². The zero-order valence-corrected chi connectivity index (χ0v) is 18.2. The molecule has 0 fully saturated rings. The molecule has 9 heteroatoms. The summed E-state index contributed by atoms with van der Waals surface area (Å²) in [7, 11) is 0. The van der Waals surface area contributed by atoms with E-state index in [2.05, 4.69) is 10.6 Å². The fraction of sp³-hybridized carbons (Fsp3) is 0.350. The van der Waals surface area contributed by atoms with E-state index in [1.165, 1.54) is 17.4 Å². The molecule has 1 heterocycles. The fourth-order valence-electron chi connectivity index (χ4n) is 2.51. The molecule has 0 atom stereocenters. The third-order valence-corrected chi connectivity index (χ3v) is 5.35. The van der Waals surface area contributed by atoms with Crippen LogP contribution in [0.15, 0.2) is 30.3 Å². The molecule has 2 N–H and O–H groups in total. The summed E-state index contributed by atoms with van der Waals surface area (Å²) >= 11 is 7.55. The quantitative estimate of drug-likeness (QED) is 0.629. The lowest BCUT2D eigenvalue weighted by molar-refractivity contribution is -0.133. The number of hydrogen-bond acceptors (Lipinski definition) is 5. The van der Waals surface area contributed by atoms with Crippen LogP contribution in [0.4, 0.5) is 5.69 Å². The zero-order chi connectivity index (χ0) is 21.4. The number of aryl methyl sites for hydroxylation is 1. The minimum atomic E-state index is -0.381. The van der Waals surface area contributed by atoms with Gasteiger partial charge in [0.1, 0.15) is 5.75 Å². The summed E-state index contributed by atoms with van der Waals surface area (Å²) in [5.41, 5.74) is 0.462. The molecule has 3 amide bonds. The van der Waals surface area contributed by atoms with Crippen molar-refractivity contribution in [2.24, 2.45) is 0 Å². The number of carbonyl (C=O) groups excluding carboxylic acids is 3. The molecular formula is C20H24ClN3O4S. The topological polar surface area (TPSA) is 87.7 Å². The number of carbonyl (C=O) groups is 3. The molecule has 0 saturated heterocycles. The maximum atomic E-state index is 12.1. The summed E-state index contributed by atoms with van der Waals surface area (Å²) in [5, 5.41) is 5.50. The maximum Gasteiger partial charge on any atom is 0.261 e. The third-order valence-electron chi connectivity index (χ3n) is 4.06. The fourth-order valence-corrected chi connectivity index (χ4v) is 3.53. The number of amides is 3. The van der Waals surface area contributed by atoms with E-state index in [0.29, 0.717) is 29.4 Å². The van der Waals surface area contributed by atoms with Crippen LogP contribution in [0.25, 0.3) is 0 Å². The number of nitrogens with zero attached hydrogens (tertiary/aromatic N) is 1. The molecule has 0 saturated carbocycles. The summed E-state index contributed by atoms with van der Waals surface area (Å²) in [4.78, 5) is 39.3. The van der Waals surface area contributed by atoms with Crippen molar-refractivity contribution in [3.63, 3.8) is 0 Å². The van der Waals surface area contributed by atoms with Crippen molar-refractivity contribution < 1.29 is 19.1 Å². The Balaban J connectivity index is 1.85. The van der Waals surface area contributed by atoms with E-state index in [9.17, 15) is 14.4 Å². The predicted molar refractivity (Wildman–Crippen MR) is 115 cm³/mol. The standard InChI is InChI=1S/C20H24ClN3O4S/c1-4-24(5-2)19(26)12-28-16-8-7-14(10-15(16)21)23-18(25)11-22-20(27)17-9-6-13(3)29-17/h6-10H,4-5,11-12H2,1-3H3,(H,22,27)(H,23,25). The lowest BCUT2D eigenvalue weighted by Gasteiger charge is -2.19. The number of likely N-dealkylation sites (N-methyl/N-ethyl adjacent to an activating group) is 1. The largest absolute Gasteiger partial charge is 0.482 e. The van der Waals surface area contributed by atoms with Crippen molar-refractivity contribution in [3.8, 4) is 5.75 Å². The number of anilines is 1. The Morgan fingerprint density at radius 2 is 1.86 bits per heavy atom. The Morgan fingerprint density at radius 1 is 1.14 bits per heavy atom. The van der Waals surface area contributed by atoms with Crippen LogP contribution in [-0.2, 0) is 9.59 Å². The molecule has 2 aromatic rings. The Labute approximate surface area is 179 Å². The average molecular weight is 438 g/mol. The van der Waals surface area contributed by atoms with Crippen LogP contribution < -0.4 is 15.4 Å². The number of rotatable bonds is 9. The maximum absolute atomic E-state index is 12.1. The second-order valence-electron chi connectivity index (χ2n) is 6.14. The highest BCUT2D eigenvalue weighted by Crippen LogP contribution is 2.27. The predicted octanol–water partition coefficient (Wildman–Crippen LogP) is 3.33. The van der Waals surface area contributed by atoms with Gasteiger partial charge in [-0.15, -0.1) is 11.3 Å². The van der Waals surface area contributed by atoms with Crippen LogP contribution in [0.1, 0.15) is 28.4 Å². The third kappa shape index (κ3) is 6.76. The number of benzene rings is 1. The van der Waals surface area contributed by atoms with Gasteiger partial charge in [-0.25, -0.2) is 0 Å². The van der Waals surface area contributed by atoms with Crippen molar-refractivity contribution in [2.75, 3.05) is 31.6 Å². The number of nitrogens with one attached hydrogen (secondary N) is 2. The Morgan fingerprint density at radius 3 is 2.45 bits per heavy atom. The molecular weight excluding hydrogens is 414 g/mol. The second-order valence-corrected chi connectivity index (χ2v) is 7.84. The van der Waals surface area contributed by atoms with Gasteiger partial charge in [-0.1, -0.05) is 11.6 Å². The molecule has 0 aliphatic carbocycles. The van der Waals surface area contributed by atoms with E-state index >= 15 is 0 Å². The molecule has 7 nitrogen and oxygen atoms in total. The van der Waals surface area contributed by atoms with Crippen LogP contribution in [0.5, 0.6) is 5.75 Å². The van der Waals surface area contributed by atoms with Gasteiger partial charge in [0, 0.05) is 23.7 Å². The van der Waals surface area contributed by atoms with Gasteiger partial charge in [0.2, 0.25) is 5.91 Å². The highest BCUT2D eigenvalue weighted by atomic mass is 35.5. The van der Waals surface area contributed by atoms with E-state index in [1.54, 1.807) is 23.1 Å². The summed E-state index contributed by atoms with van der Waals surface area (Å²) in [6, 6.07) is 8.30. The number of thiophene rings is 1. The van der Waals surface area contributed by atoms with Crippen molar-refractivity contribution in [1.82, 2.24) is 10.2 Å². The Bertz CT molecular complexity index is 880. The van der Waals surface area contributed by atoms with Gasteiger partial charge in [-0.3, -0.25) is 14.4 Å². The molecule has 29 heavy (non-hydrogen) atoms.